The number of unbranched alkanes of at least 4 members (excludes halogenated alkanes) is 1. The fraction of sp³-hybridized carbons (Fsp3) is 0.542. The average Bonchev–Trinajstić information content (AvgIpc) is 2.84. The van der Waals surface area contributed by atoms with Gasteiger partial charge in [0, 0.05) is 44.4 Å². The Morgan fingerprint density at radius 2 is 1.79 bits per heavy atom. The van der Waals surface area contributed by atoms with Crippen LogP contribution in [0.2, 0.25) is 0 Å². The molecular formula is C24H35N3O2. The van der Waals surface area contributed by atoms with E-state index in [-0.39, 0.29) is 17.7 Å². The van der Waals surface area contributed by atoms with Crippen molar-refractivity contribution >= 4 is 23.1 Å². The maximum absolute atomic E-state index is 13.1. The predicted octanol–water partition coefficient (Wildman–Crippen LogP) is 4.64. The monoisotopic (exact) mass is 397 g/mol. The number of nitrogens with zero attached hydrogens (tertiary/aromatic N) is 3. The molecular weight excluding hydrogens is 362 g/mol. The number of likely N-dealkylation sites (tertiary alicyclic amines) is 1. The maximum atomic E-state index is 13.1. The van der Waals surface area contributed by atoms with Gasteiger partial charge < -0.3 is 9.80 Å². The summed E-state index contributed by atoms with van der Waals surface area (Å²) in [6, 6.07) is 7.57. The zero-order valence-corrected chi connectivity index (χ0v) is 18.8. The Morgan fingerprint density at radius 3 is 2.38 bits per heavy atom. The van der Waals surface area contributed by atoms with E-state index >= 15 is 0 Å². The lowest BCUT2D eigenvalue weighted by Crippen LogP contribution is -2.37. The van der Waals surface area contributed by atoms with E-state index in [4.69, 9.17) is 4.99 Å². The van der Waals surface area contributed by atoms with Gasteiger partial charge in [0.25, 0.3) is 11.8 Å². The lowest BCUT2D eigenvalue weighted by atomic mass is 10.00. The van der Waals surface area contributed by atoms with Gasteiger partial charge in [0.15, 0.2) is 0 Å². The summed E-state index contributed by atoms with van der Waals surface area (Å²) < 4.78 is 0. The van der Waals surface area contributed by atoms with Crippen LogP contribution in [0.3, 0.4) is 0 Å². The van der Waals surface area contributed by atoms with Crippen LogP contribution in [0.5, 0.6) is 0 Å². The third-order valence-electron chi connectivity index (χ3n) is 5.62. The normalized spacial score (nSPS) is 19.8. The Bertz CT molecular complexity index is 789. The summed E-state index contributed by atoms with van der Waals surface area (Å²) in [6.45, 7) is 9.86. The van der Waals surface area contributed by atoms with Crippen molar-refractivity contribution in [3.05, 3.63) is 41.1 Å². The first-order valence-corrected chi connectivity index (χ1v) is 10.6. The SMILES string of the molecule is CCCCN1CCCC(C)C(=N/C(C)=C(\C)c2ccc(C(=O)N(C)C)cc2)C1=O. The summed E-state index contributed by atoms with van der Waals surface area (Å²) in [4.78, 5) is 33.5. The molecule has 29 heavy (non-hydrogen) atoms. The van der Waals surface area contributed by atoms with Gasteiger partial charge in [-0.2, -0.15) is 0 Å². The minimum Gasteiger partial charge on any atom is -0.345 e. The number of allylic oxidation sites excluding steroid dienone is 2. The van der Waals surface area contributed by atoms with Crippen LogP contribution in [-0.4, -0.2) is 54.5 Å². The molecule has 0 spiro atoms. The molecule has 1 aromatic rings. The Hall–Kier alpha value is -2.43. The molecule has 1 heterocycles. The number of benzene rings is 1. The quantitative estimate of drug-likeness (QED) is 0.702. The molecule has 0 aromatic heterocycles. The zero-order chi connectivity index (χ0) is 21.6. The van der Waals surface area contributed by atoms with E-state index in [0.717, 1.165) is 55.6 Å². The first-order valence-electron chi connectivity index (χ1n) is 10.6. The number of carbonyl (C=O) groups is 2. The number of hydrogen-bond acceptors (Lipinski definition) is 3. The van der Waals surface area contributed by atoms with Crippen molar-refractivity contribution in [2.45, 2.75) is 53.4 Å². The van der Waals surface area contributed by atoms with Gasteiger partial charge in [-0.3, -0.25) is 14.6 Å². The van der Waals surface area contributed by atoms with E-state index in [1.165, 1.54) is 0 Å². The lowest BCUT2D eigenvalue weighted by molar-refractivity contribution is -0.124. The van der Waals surface area contributed by atoms with Crippen molar-refractivity contribution in [3.8, 4) is 0 Å². The standard InChI is InChI=1S/C24H35N3O2/c1-7-8-15-27-16-9-10-17(2)22(24(27)29)25-19(4)18(3)20-11-13-21(14-12-20)23(28)26(5)6/h11-14,17H,7-10,15-16H2,1-6H3/b19-18+,25-22?. The summed E-state index contributed by atoms with van der Waals surface area (Å²) in [6.07, 6.45) is 4.12. The van der Waals surface area contributed by atoms with E-state index in [0.29, 0.717) is 11.3 Å². The fourth-order valence-electron chi connectivity index (χ4n) is 3.51. The van der Waals surface area contributed by atoms with Crippen LogP contribution in [-0.2, 0) is 4.79 Å². The number of carbonyl (C=O) groups excluding carboxylic acids is 2. The Balaban J connectivity index is 2.30. The van der Waals surface area contributed by atoms with Crippen molar-refractivity contribution in [1.82, 2.24) is 9.80 Å². The predicted molar refractivity (Wildman–Crippen MR) is 120 cm³/mol. The van der Waals surface area contributed by atoms with E-state index in [2.05, 4.69) is 13.8 Å². The van der Waals surface area contributed by atoms with Crippen LogP contribution in [0, 0.1) is 5.92 Å². The van der Waals surface area contributed by atoms with E-state index < -0.39 is 0 Å². The first-order chi connectivity index (χ1) is 13.8. The number of rotatable bonds is 6. The molecule has 2 amide bonds. The molecule has 1 unspecified atom stereocenters. The molecule has 2 rings (SSSR count). The van der Waals surface area contributed by atoms with Crippen molar-refractivity contribution in [1.29, 1.82) is 0 Å². The molecule has 158 valence electrons. The molecule has 5 nitrogen and oxygen atoms in total. The van der Waals surface area contributed by atoms with Crippen LogP contribution in [0.1, 0.15) is 69.3 Å². The molecule has 1 saturated heterocycles. The van der Waals surface area contributed by atoms with Gasteiger partial charge in [-0.05, 0) is 56.4 Å². The minimum atomic E-state index is -0.0137. The molecule has 1 aliphatic heterocycles. The molecule has 0 aliphatic carbocycles. The molecule has 1 aliphatic rings. The Labute approximate surface area is 175 Å². The molecule has 0 bridgehead atoms. The van der Waals surface area contributed by atoms with E-state index in [1.807, 2.05) is 43.0 Å². The van der Waals surface area contributed by atoms with Crippen LogP contribution < -0.4 is 0 Å². The summed E-state index contributed by atoms with van der Waals surface area (Å²) in [5, 5.41) is 0. The van der Waals surface area contributed by atoms with Crippen molar-refractivity contribution in [2.75, 3.05) is 27.2 Å². The molecule has 1 atom stereocenters. The topological polar surface area (TPSA) is 53.0 Å². The molecule has 5 heteroatoms. The molecule has 1 aromatic carbocycles. The van der Waals surface area contributed by atoms with Gasteiger partial charge in [0.1, 0.15) is 5.71 Å². The van der Waals surface area contributed by atoms with Crippen LogP contribution in [0.4, 0.5) is 0 Å². The molecule has 0 N–H and O–H groups in total. The largest absolute Gasteiger partial charge is 0.345 e. The number of aliphatic imine (C=N–C) groups is 1. The van der Waals surface area contributed by atoms with Gasteiger partial charge in [0.05, 0.1) is 0 Å². The average molecular weight is 398 g/mol. The van der Waals surface area contributed by atoms with Gasteiger partial charge in [-0.25, -0.2) is 0 Å². The zero-order valence-electron chi connectivity index (χ0n) is 18.8. The lowest BCUT2D eigenvalue weighted by Gasteiger charge is -2.21. The molecule has 0 saturated carbocycles. The van der Waals surface area contributed by atoms with E-state index in [1.54, 1.807) is 19.0 Å². The van der Waals surface area contributed by atoms with Gasteiger partial charge in [-0.15, -0.1) is 0 Å². The smallest absolute Gasteiger partial charge is 0.268 e. The van der Waals surface area contributed by atoms with Crippen LogP contribution in [0.25, 0.3) is 5.57 Å². The third-order valence-corrected chi connectivity index (χ3v) is 5.62. The van der Waals surface area contributed by atoms with Crippen LogP contribution >= 0.6 is 0 Å². The minimum absolute atomic E-state index is 0.0137. The summed E-state index contributed by atoms with van der Waals surface area (Å²) in [5.74, 6) is 0.236. The number of hydrogen-bond donors (Lipinski definition) is 0. The van der Waals surface area contributed by atoms with Gasteiger partial charge in [0.2, 0.25) is 0 Å². The van der Waals surface area contributed by atoms with Crippen molar-refractivity contribution in [2.24, 2.45) is 10.9 Å². The Kier molecular flexibility index (Phi) is 8.18. The van der Waals surface area contributed by atoms with E-state index in [9.17, 15) is 9.59 Å². The summed E-state index contributed by atoms with van der Waals surface area (Å²) >= 11 is 0. The second-order valence-corrected chi connectivity index (χ2v) is 8.17. The second kappa shape index (κ2) is 10.4. The molecule has 1 fully saturated rings. The highest BCUT2D eigenvalue weighted by Gasteiger charge is 2.27. The molecule has 0 radical (unpaired) electrons. The highest BCUT2D eigenvalue weighted by Crippen LogP contribution is 2.23. The van der Waals surface area contributed by atoms with Crippen molar-refractivity contribution in [3.63, 3.8) is 0 Å². The third kappa shape index (κ3) is 5.78. The van der Waals surface area contributed by atoms with Gasteiger partial charge >= 0.3 is 0 Å². The maximum Gasteiger partial charge on any atom is 0.268 e. The Morgan fingerprint density at radius 1 is 1.17 bits per heavy atom. The summed E-state index contributed by atoms with van der Waals surface area (Å²) in [7, 11) is 3.49. The van der Waals surface area contributed by atoms with Crippen molar-refractivity contribution < 1.29 is 9.59 Å². The summed E-state index contributed by atoms with van der Waals surface area (Å²) in [5.41, 5.74) is 4.22. The van der Waals surface area contributed by atoms with Crippen LogP contribution in [0.15, 0.2) is 35.0 Å². The highest BCUT2D eigenvalue weighted by molar-refractivity contribution is 6.39. The fourth-order valence-corrected chi connectivity index (χ4v) is 3.51. The first kappa shape index (κ1) is 22.9. The highest BCUT2D eigenvalue weighted by atomic mass is 16.2. The number of amides is 2. The van der Waals surface area contributed by atoms with Gasteiger partial charge in [-0.1, -0.05) is 32.4 Å². The second-order valence-electron chi connectivity index (χ2n) is 8.17.